The van der Waals surface area contributed by atoms with E-state index in [1.54, 1.807) is 46.1 Å². The fourth-order valence-electron chi connectivity index (χ4n) is 4.16. The van der Waals surface area contributed by atoms with Crippen LogP contribution in [-0.2, 0) is 9.53 Å². The fraction of sp³-hybridized carbons (Fsp3) is 0.321. The van der Waals surface area contributed by atoms with Crippen LogP contribution in [0.1, 0.15) is 51.3 Å². The Morgan fingerprint density at radius 3 is 2.65 bits per heavy atom. The van der Waals surface area contributed by atoms with Crippen molar-refractivity contribution in [3.63, 3.8) is 0 Å². The summed E-state index contributed by atoms with van der Waals surface area (Å²) in [6, 6.07) is 11.9. The van der Waals surface area contributed by atoms with E-state index in [1.807, 2.05) is 37.3 Å². The molecule has 0 N–H and O–H groups in total. The SMILES string of the molecule is CCCOc1c(C=c2sc3n(c2=O)C(c2ccccc2Cl)C(C(=O)OC(C)C)=C(C)N=3)cccc1OC. The topological polar surface area (TPSA) is 79.1 Å². The minimum Gasteiger partial charge on any atom is -0.493 e. The Kier molecular flexibility index (Phi) is 8.19. The van der Waals surface area contributed by atoms with Gasteiger partial charge in [-0.15, -0.1) is 0 Å². The summed E-state index contributed by atoms with van der Waals surface area (Å²) in [5.41, 5.74) is 1.81. The molecule has 9 heteroatoms. The predicted octanol–water partition coefficient (Wildman–Crippen LogP) is 4.64. The number of thiazole rings is 1. The van der Waals surface area contributed by atoms with Crippen LogP contribution in [0.15, 0.2) is 63.5 Å². The smallest absolute Gasteiger partial charge is 0.338 e. The van der Waals surface area contributed by atoms with Crippen molar-refractivity contribution in [2.75, 3.05) is 13.7 Å². The highest BCUT2D eigenvalue weighted by molar-refractivity contribution is 7.07. The Morgan fingerprint density at radius 2 is 1.97 bits per heavy atom. The number of fused-ring (bicyclic) bond motifs is 1. The number of rotatable bonds is 8. The number of para-hydroxylation sites is 1. The molecule has 1 unspecified atom stereocenters. The van der Waals surface area contributed by atoms with Crippen molar-refractivity contribution >= 4 is 35.0 Å². The molecular formula is C28H29ClN2O5S. The van der Waals surface area contributed by atoms with Gasteiger partial charge in [-0.3, -0.25) is 9.36 Å². The zero-order chi connectivity index (χ0) is 26.7. The number of carbonyl (C=O) groups is 1. The van der Waals surface area contributed by atoms with E-state index >= 15 is 0 Å². The Morgan fingerprint density at radius 1 is 1.22 bits per heavy atom. The van der Waals surface area contributed by atoms with Gasteiger partial charge in [-0.1, -0.05) is 60.2 Å². The van der Waals surface area contributed by atoms with Crippen LogP contribution in [0.4, 0.5) is 0 Å². The van der Waals surface area contributed by atoms with Gasteiger partial charge in [0, 0.05) is 10.6 Å². The van der Waals surface area contributed by atoms with Crippen LogP contribution in [0.2, 0.25) is 5.02 Å². The number of hydrogen-bond donors (Lipinski definition) is 0. The number of nitrogens with zero attached hydrogens (tertiary/aromatic N) is 2. The van der Waals surface area contributed by atoms with E-state index in [1.165, 1.54) is 15.9 Å². The first-order valence-corrected chi connectivity index (χ1v) is 13.2. The van der Waals surface area contributed by atoms with Crippen molar-refractivity contribution in [1.29, 1.82) is 0 Å². The molecule has 1 aromatic heterocycles. The minimum atomic E-state index is -0.778. The average Bonchev–Trinajstić information content (AvgIpc) is 3.16. The molecular weight excluding hydrogens is 512 g/mol. The monoisotopic (exact) mass is 540 g/mol. The normalized spacial score (nSPS) is 15.4. The maximum Gasteiger partial charge on any atom is 0.338 e. The van der Waals surface area contributed by atoms with Crippen LogP contribution in [-0.4, -0.2) is 30.4 Å². The van der Waals surface area contributed by atoms with Crippen molar-refractivity contribution in [3.05, 3.63) is 89.6 Å². The van der Waals surface area contributed by atoms with Gasteiger partial charge in [0.2, 0.25) is 0 Å². The van der Waals surface area contributed by atoms with Crippen LogP contribution >= 0.6 is 22.9 Å². The summed E-state index contributed by atoms with van der Waals surface area (Å²) < 4.78 is 19.0. The van der Waals surface area contributed by atoms with Crippen molar-refractivity contribution in [2.24, 2.45) is 4.99 Å². The van der Waals surface area contributed by atoms with E-state index < -0.39 is 12.0 Å². The van der Waals surface area contributed by atoms with Gasteiger partial charge in [0.15, 0.2) is 16.3 Å². The largest absolute Gasteiger partial charge is 0.493 e. The molecule has 0 aliphatic carbocycles. The lowest BCUT2D eigenvalue weighted by molar-refractivity contribution is -0.143. The average molecular weight is 541 g/mol. The molecule has 0 spiro atoms. The van der Waals surface area contributed by atoms with Crippen LogP contribution in [0, 0.1) is 0 Å². The van der Waals surface area contributed by atoms with Gasteiger partial charge >= 0.3 is 5.97 Å². The Labute approximate surface area is 224 Å². The number of allylic oxidation sites excluding steroid dienone is 1. The summed E-state index contributed by atoms with van der Waals surface area (Å²) in [5.74, 6) is 0.620. The molecule has 3 aromatic rings. The fourth-order valence-corrected chi connectivity index (χ4v) is 5.43. The molecule has 0 fully saturated rings. The molecule has 2 heterocycles. The number of halogens is 1. The molecule has 0 bridgehead atoms. The van der Waals surface area contributed by atoms with Gasteiger partial charge in [-0.25, -0.2) is 9.79 Å². The lowest BCUT2D eigenvalue weighted by atomic mass is 9.96. The molecule has 1 aliphatic rings. The van der Waals surface area contributed by atoms with Crippen molar-refractivity contribution < 1.29 is 19.0 Å². The number of aromatic nitrogens is 1. The highest BCUT2D eigenvalue weighted by Crippen LogP contribution is 2.35. The maximum atomic E-state index is 13.9. The molecule has 0 saturated carbocycles. The van der Waals surface area contributed by atoms with Crippen LogP contribution in [0.5, 0.6) is 11.5 Å². The Balaban J connectivity index is 1.95. The summed E-state index contributed by atoms with van der Waals surface area (Å²) in [6.45, 7) is 7.83. The minimum absolute atomic E-state index is 0.286. The molecule has 1 aliphatic heterocycles. The number of hydrogen-bond acceptors (Lipinski definition) is 7. The van der Waals surface area contributed by atoms with E-state index in [-0.39, 0.29) is 17.2 Å². The van der Waals surface area contributed by atoms with Gasteiger partial charge in [0.25, 0.3) is 5.56 Å². The standard InChI is InChI=1S/C28H29ClN2O5S/c1-6-14-35-25-18(10-9-13-21(25)34-5)15-22-26(32)31-24(19-11-7-8-12-20(19)29)23(27(33)36-16(2)3)17(4)30-28(31)37-22/h7-13,15-16,24H,6,14H2,1-5H3. The molecule has 1 atom stereocenters. The van der Waals surface area contributed by atoms with Gasteiger partial charge in [-0.05, 0) is 51.0 Å². The third-order valence-electron chi connectivity index (χ3n) is 5.75. The van der Waals surface area contributed by atoms with E-state index in [4.69, 9.17) is 25.8 Å². The van der Waals surface area contributed by atoms with E-state index in [2.05, 4.69) is 4.99 Å². The molecule has 0 saturated heterocycles. The van der Waals surface area contributed by atoms with Gasteiger partial charge in [0.1, 0.15) is 6.04 Å². The van der Waals surface area contributed by atoms with Gasteiger partial charge in [-0.2, -0.15) is 0 Å². The van der Waals surface area contributed by atoms with Crippen molar-refractivity contribution in [1.82, 2.24) is 4.57 Å². The number of methoxy groups -OCH3 is 1. The second-order valence-corrected chi connectivity index (χ2v) is 10.2. The lowest BCUT2D eigenvalue weighted by Crippen LogP contribution is -2.40. The van der Waals surface area contributed by atoms with Crippen molar-refractivity contribution in [3.8, 4) is 11.5 Å². The predicted molar refractivity (Wildman–Crippen MR) is 145 cm³/mol. The Bertz CT molecular complexity index is 1540. The molecule has 7 nitrogen and oxygen atoms in total. The Hall–Kier alpha value is -3.36. The van der Waals surface area contributed by atoms with Crippen LogP contribution < -0.4 is 24.4 Å². The molecule has 2 aromatic carbocycles. The quantitative estimate of drug-likeness (QED) is 0.389. The molecule has 194 valence electrons. The molecule has 37 heavy (non-hydrogen) atoms. The summed E-state index contributed by atoms with van der Waals surface area (Å²) in [7, 11) is 1.58. The number of ether oxygens (including phenoxy) is 3. The van der Waals surface area contributed by atoms with Crippen molar-refractivity contribution in [2.45, 2.75) is 46.3 Å². The highest BCUT2D eigenvalue weighted by atomic mass is 35.5. The van der Waals surface area contributed by atoms with E-state index in [9.17, 15) is 9.59 Å². The van der Waals surface area contributed by atoms with Crippen LogP contribution in [0.25, 0.3) is 6.08 Å². The molecule has 4 rings (SSSR count). The third-order valence-corrected chi connectivity index (χ3v) is 7.08. The first-order chi connectivity index (χ1) is 17.8. The zero-order valence-corrected chi connectivity index (χ0v) is 23.0. The maximum absolute atomic E-state index is 13.9. The highest BCUT2D eigenvalue weighted by Gasteiger charge is 2.34. The lowest BCUT2D eigenvalue weighted by Gasteiger charge is -2.26. The summed E-state index contributed by atoms with van der Waals surface area (Å²) in [4.78, 5) is 32.2. The number of carbonyl (C=O) groups excluding carboxylic acids is 1. The van der Waals surface area contributed by atoms with Gasteiger partial charge in [0.05, 0.1) is 35.6 Å². The first kappa shape index (κ1) is 26.7. The molecule has 0 radical (unpaired) electrons. The van der Waals surface area contributed by atoms with E-state index in [0.717, 1.165) is 6.42 Å². The second kappa shape index (κ2) is 11.4. The number of esters is 1. The summed E-state index contributed by atoms with van der Waals surface area (Å²) in [5, 5.41) is 0.440. The van der Waals surface area contributed by atoms with E-state index in [0.29, 0.717) is 49.3 Å². The first-order valence-electron chi connectivity index (χ1n) is 12.0. The summed E-state index contributed by atoms with van der Waals surface area (Å²) >= 11 is 7.82. The zero-order valence-electron chi connectivity index (χ0n) is 21.4. The van der Waals surface area contributed by atoms with Crippen LogP contribution in [0.3, 0.4) is 0 Å². The third kappa shape index (κ3) is 5.36. The summed E-state index contributed by atoms with van der Waals surface area (Å²) in [6.07, 6.45) is 2.26. The second-order valence-electron chi connectivity index (χ2n) is 8.78. The number of benzene rings is 2. The van der Waals surface area contributed by atoms with Gasteiger partial charge < -0.3 is 14.2 Å². The molecule has 0 amide bonds.